The monoisotopic (exact) mass is 240 g/mol. The molecule has 0 aliphatic heterocycles. The molecule has 1 amide bonds. The Labute approximate surface area is 106 Å². The fourth-order valence-electron chi connectivity index (χ4n) is 2.52. The van der Waals surface area contributed by atoms with Crippen molar-refractivity contribution in [2.24, 2.45) is 5.92 Å². The van der Waals surface area contributed by atoms with Crippen LogP contribution in [0.25, 0.3) is 0 Å². The molecule has 0 unspecified atom stereocenters. The Morgan fingerprint density at radius 3 is 2.47 bits per heavy atom. The van der Waals surface area contributed by atoms with Crippen LogP contribution in [0.2, 0.25) is 0 Å². The van der Waals surface area contributed by atoms with E-state index in [0.717, 1.165) is 32.5 Å². The molecule has 1 saturated carbocycles. The fraction of sp³-hybridized carbons (Fsp3) is 0.929. The maximum Gasteiger partial charge on any atom is 0.220 e. The van der Waals surface area contributed by atoms with Crippen molar-refractivity contribution < 1.29 is 4.79 Å². The third kappa shape index (κ3) is 7.37. The summed E-state index contributed by atoms with van der Waals surface area (Å²) in [6, 6.07) is 0. The normalized spacial score (nSPS) is 17.7. The van der Waals surface area contributed by atoms with Crippen LogP contribution in [0.4, 0.5) is 0 Å². The van der Waals surface area contributed by atoms with Gasteiger partial charge in [0.2, 0.25) is 5.91 Å². The molecule has 0 saturated heterocycles. The van der Waals surface area contributed by atoms with E-state index in [-0.39, 0.29) is 5.91 Å². The summed E-state index contributed by atoms with van der Waals surface area (Å²) in [4.78, 5) is 11.7. The lowest BCUT2D eigenvalue weighted by Gasteiger charge is -2.13. The highest BCUT2D eigenvalue weighted by Crippen LogP contribution is 2.25. The molecule has 2 N–H and O–H groups in total. The van der Waals surface area contributed by atoms with Crippen LogP contribution in [-0.2, 0) is 4.79 Å². The molecule has 1 fully saturated rings. The van der Waals surface area contributed by atoms with Gasteiger partial charge in [-0.25, -0.2) is 0 Å². The molecule has 0 aromatic rings. The van der Waals surface area contributed by atoms with Gasteiger partial charge in [0.05, 0.1) is 0 Å². The lowest BCUT2D eigenvalue weighted by Crippen LogP contribution is -2.28. The lowest BCUT2D eigenvalue weighted by molar-refractivity contribution is -0.122. The SMILES string of the molecule is CCNCCCNC(=O)CC1CCCCCC1. The zero-order valence-corrected chi connectivity index (χ0v) is 11.3. The summed E-state index contributed by atoms with van der Waals surface area (Å²) in [6.45, 7) is 4.93. The first-order valence-electron chi connectivity index (χ1n) is 7.30. The van der Waals surface area contributed by atoms with Crippen molar-refractivity contribution in [1.82, 2.24) is 10.6 Å². The Kier molecular flexibility index (Phi) is 8.06. The summed E-state index contributed by atoms with van der Waals surface area (Å²) < 4.78 is 0. The zero-order chi connectivity index (χ0) is 12.3. The molecule has 3 heteroatoms. The summed E-state index contributed by atoms with van der Waals surface area (Å²) in [5.41, 5.74) is 0. The van der Waals surface area contributed by atoms with Crippen LogP contribution in [0.5, 0.6) is 0 Å². The summed E-state index contributed by atoms with van der Waals surface area (Å²) in [5, 5.41) is 6.29. The Morgan fingerprint density at radius 1 is 1.12 bits per heavy atom. The molecule has 1 rings (SSSR count). The average Bonchev–Trinajstić information content (AvgIpc) is 2.57. The van der Waals surface area contributed by atoms with Gasteiger partial charge in [-0.05, 0) is 38.3 Å². The van der Waals surface area contributed by atoms with Crippen molar-refractivity contribution in [3.05, 3.63) is 0 Å². The zero-order valence-electron chi connectivity index (χ0n) is 11.3. The van der Waals surface area contributed by atoms with Gasteiger partial charge in [0, 0.05) is 13.0 Å². The Morgan fingerprint density at radius 2 is 1.82 bits per heavy atom. The van der Waals surface area contributed by atoms with Gasteiger partial charge in [0.1, 0.15) is 0 Å². The smallest absolute Gasteiger partial charge is 0.220 e. The van der Waals surface area contributed by atoms with Gasteiger partial charge in [0.25, 0.3) is 0 Å². The fourth-order valence-corrected chi connectivity index (χ4v) is 2.52. The van der Waals surface area contributed by atoms with Crippen molar-refractivity contribution in [2.75, 3.05) is 19.6 Å². The first kappa shape index (κ1) is 14.5. The summed E-state index contributed by atoms with van der Waals surface area (Å²) in [6.07, 6.45) is 9.65. The van der Waals surface area contributed by atoms with E-state index in [4.69, 9.17) is 0 Å². The highest BCUT2D eigenvalue weighted by Gasteiger charge is 2.15. The van der Waals surface area contributed by atoms with E-state index in [0.29, 0.717) is 5.92 Å². The molecule has 17 heavy (non-hydrogen) atoms. The van der Waals surface area contributed by atoms with E-state index in [1.165, 1.54) is 38.5 Å². The molecule has 0 spiro atoms. The molecule has 0 radical (unpaired) electrons. The highest BCUT2D eigenvalue weighted by atomic mass is 16.1. The predicted molar refractivity (Wildman–Crippen MR) is 72.0 cm³/mol. The van der Waals surface area contributed by atoms with E-state index >= 15 is 0 Å². The van der Waals surface area contributed by atoms with Crippen LogP contribution in [0.3, 0.4) is 0 Å². The van der Waals surface area contributed by atoms with Crippen molar-refractivity contribution in [3.8, 4) is 0 Å². The molecule has 1 aliphatic rings. The second-order valence-electron chi connectivity index (χ2n) is 5.12. The van der Waals surface area contributed by atoms with Gasteiger partial charge >= 0.3 is 0 Å². The summed E-state index contributed by atoms with van der Waals surface area (Å²) >= 11 is 0. The summed E-state index contributed by atoms with van der Waals surface area (Å²) in [7, 11) is 0. The summed E-state index contributed by atoms with van der Waals surface area (Å²) in [5.74, 6) is 0.902. The number of hydrogen-bond acceptors (Lipinski definition) is 2. The van der Waals surface area contributed by atoms with E-state index in [9.17, 15) is 4.79 Å². The molecule has 0 bridgehead atoms. The van der Waals surface area contributed by atoms with E-state index < -0.39 is 0 Å². The van der Waals surface area contributed by atoms with E-state index in [1.807, 2.05) is 0 Å². The Bertz CT molecular complexity index is 198. The number of hydrogen-bond donors (Lipinski definition) is 2. The third-order valence-electron chi connectivity index (χ3n) is 3.55. The Hall–Kier alpha value is -0.570. The molecule has 0 atom stereocenters. The van der Waals surface area contributed by atoms with Crippen LogP contribution in [0, 0.1) is 5.92 Å². The quantitative estimate of drug-likeness (QED) is 0.530. The minimum atomic E-state index is 0.258. The molecule has 1 aliphatic carbocycles. The number of carbonyl (C=O) groups is 1. The van der Waals surface area contributed by atoms with Gasteiger partial charge < -0.3 is 10.6 Å². The van der Waals surface area contributed by atoms with Crippen molar-refractivity contribution in [3.63, 3.8) is 0 Å². The van der Waals surface area contributed by atoms with Gasteiger partial charge in [-0.3, -0.25) is 4.79 Å². The van der Waals surface area contributed by atoms with Gasteiger partial charge in [-0.1, -0.05) is 32.6 Å². The molecular weight excluding hydrogens is 212 g/mol. The molecule has 100 valence electrons. The highest BCUT2D eigenvalue weighted by molar-refractivity contribution is 5.76. The lowest BCUT2D eigenvalue weighted by atomic mass is 9.96. The maximum atomic E-state index is 11.7. The van der Waals surface area contributed by atoms with Gasteiger partial charge in [-0.2, -0.15) is 0 Å². The standard InChI is InChI=1S/C14H28N2O/c1-2-15-10-7-11-16-14(17)12-13-8-5-3-4-6-9-13/h13,15H,2-12H2,1H3,(H,16,17). The molecule has 0 aromatic carbocycles. The van der Waals surface area contributed by atoms with Crippen molar-refractivity contribution >= 4 is 5.91 Å². The van der Waals surface area contributed by atoms with Crippen LogP contribution < -0.4 is 10.6 Å². The molecule has 3 nitrogen and oxygen atoms in total. The van der Waals surface area contributed by atoms with Gasteiger partial charge in [-0.15, -0.1) is 0 Å². The first-order chi connectivity index (χ1) is 8.33. The number of carbonyl (C=O) groups excluding carboxylic acids is 1. The number of nitrogens with one attached hydrogen (secondary N) is 2. The molecular formula is C14H28N2O. The van der Waals surface area contributed by atoms with Crippen LogP contribution >= 0.6 is 0 Å². The number of amides is 1. The maximum absolute atomic E-state index is 11.7. The van der Waals surface area contributed by atoms with Crippen molar-refractivity contribution in [1.29, 1.82) is 0 Å². The molecule has 0 heterocycles. The molecule has 0 aromatic heterocycles. The topological polar surface area (TPSA) is 41.1 Å². The minimum absolute atomic E-state index is 0.258. The predicted octanol–water partition coefficient (Wildman–Crippen LogP) is 2.46. The second kappa shape index (κ2) is 9.46. The van der Waals surface area contributed by atoms with E-state index in [2.05, 4.69) is 17.6 Å². The van der Waals surface area contributed by atoms with Crippen LogP contribution in [0.1, 0.15) is 58.3 Å². The van der Waals surface area contributed by atoms with Gasteiger partial charge in [0.15, 0.2) is 0 Å². The number of rotatable bonds is 7. The first-order valence-corrected chi connectivity index (χ1v) is 7.30. The third-order valence-corrected chi connectivity index (χ3v) is 3.55. The van der Waals surface area contributed by atoms with Crippen LogP contribution in [0.15, 0.2) is 0 Å². The average molecular weight is 240 g/mol. The van der Waals surface area contributed by atoms with Crippen molar-refractivity contribution in [2.45, 2.75) is 58.3 Å². The van der Waals surface area contributed by atoms with E-state index in [1.54, 1.807) is 0 Å². The largest absolute Gasteiger partial charge is 0.356 e. The minimum Gasteiger partial charge on any atom is -0.356 e. The van der Waals surface area contributed by atoms with Crippen LogP contribution in [-0.4, -0.2) is 25.5 Å². The second-order valence-corrected chi connectivity index (χ2v) is 5.12. The Balaban J connectivity index is 2.03.